The molecule has 7 heteroatoms. The third-order valence-electron chi connectivity index (χ3n) is 3.24. The fraction of sp³-hybridized carbons (Fsp3) is 0.250. The molecule has 2 aliphatic heterocycles. The lowest BCUT2D eigenvalue weighted by Crippen LogP contribution is -2.54. The van der Waals surface area contributed by atoms with Gasteiger partial charge < -0.3 is 0 Å². The molecule has 0 bridgehead atoms. The van der Waals surface area contributed by atoms with E-state index in [1.165, 1.54) is 18.5 Å². The van der Waals surface area contributed by atoms with Gasteiger partial charge in [-0.15, -0.1) is 0 Å². The van der Waals surface area contributed by atoms with E-state index in [9.17, 15) is 19.2 Å². The number of imide groups is 2. The lowest BCUT2D eigenvalue weighted by Gasteiger charge is -2.27. The van der Waals surface area contributed by atoms with E-state index in [1.54, 1.807) is 0 Å². The SMILES string of the molecule is O=C1CCC(N2C(=O)c3ccncc3C2=O)C(=O)N1. The zero-order chi connectivity index (χ0) is 13.6. The minimum atomic E-state index is -0.926. The Bertz CT molecular complexity index is 590. The molecule has 0 saturated carbocycles. The molecule has 4 amide bonds. The first kappa shape index (κ1) is 11.5. The molecule has 1 aromatic rings. The number of rotatable bonds is 1. The highest BCUT2D eigenvalue weighted by atomic mass is 16.2. The molecule has 1 saturated heterocycles. The van der Waals surface area contributed by atoms with Gasteiger partial charge in [0.1, 0.15) is 6.04 Å². The molecular formula is C12H9N3O4. The van der Waals surface area contributed by atoms with Crippen LogP contribution in [0.5, 0.6) is 0 Å². The van der Waals surface area contributed by atoms with Crippen molar-refractivity contribution in [2.45, 2.75) is 18.9 Å². The molecule has 1 atom stereocenters. The first-order valence-corrected chi connectivity index (χ1v) is 5.75. The summed E-state index contributed by atoms with van der Waals surface area (Å²) in [5.41, 5.74) is 0.432. The van der Waals surface area contributed by atoms with Crippen molar-refractivity contribution < 1.29 is 19.2 Å². The van der Waals surface area contributed by atoms with Gasteiger partial charge in [0.05, 0.1) is 11.1 Å². The minimum absolute atomic E-state index is 0.113. The maximum absolute atomic E-state index is 12.1. The maximum atomic E-state index is 12.1. The van der Waals surface area contributed by atoms with E-state index >= 15 is 0 Å². The second-order valence-electron chi connectivity index (χ2n) is 4.37. The summed E-state index contributed by atoms with van der Waals surface area (Å²) in [6.45, 7) is 0. The number of pyridine rings is 1. The van der Waals surface area contributed by atoms with E-state index in [-0.39, 0.29) is 29.9 Å². The van der Waals surface area contributed by atoms with E-state index in [4.69, 9.17) is 0 Å². The van der Waals surface area contributed by atoms with Crippen molar-refractivity contribution in [2.24, 2.45) is 0 Å². The van der Waals surface area contributed by atoms with Gasteiger partial charge in [-0.3, -0.25) is 34.4 Å². The number of carbonyl (C=O) groups excluding carboxylic acids is 4. The Morgan fingerprint density at radius 2 is 1.89 bits per heavy atom. The van der Waals surface area contributed by atoms with Crippen LogP contribution in [0.15, 0.2) is 18.5 Å². The predicted octanol–water partition coefficient (Wildman–Crippen LogP) is -0.517. The third kappa shape index (κ3) is 1.62. The lowest BCUT2D eigenvalue weighted by molar-refractivity contribution is -0.136. The van der Waals surface area contributed by atoms with E-state index < -0.39 is 23.8 Å². The fourth-order valence-corrected chi connectivity index (χ4v) is 2.31. The van der Waals surface area contributed by atoms with Gasteiger partial charge in [-0.1, -0.05) is 0 Å². The topological polar surface area (TPSA) is 96.4 Å². The second kappa shape index (κ2) is 3.98. The van der Waals surface area contributed by atoms with Crippen molar-refractivity contribution in [1.82, 2.24) is 15.2 Å². The largest absolute Gasteiger partial charge is 0.295 e. The van der Waals surface area contributed by atoms with Crippen molar-refractivity contribution in [3.05, 3.63) is 29.6 Å². The third-order valence-corrected chi connectivity index (χ3v) is 3.24. The molecule has 3 rings (SSSR count). The number of fused-ring (bicyclic) bond motifs is 1. The van der Waals surface area contributed by atoms with Gasteiger partial charge >= 0.3 is 0 Å². The average Bonchev–Trinajstić information content (AvgIpc) is 2.64. The lowest BCUT2D eigenvalue weighted by atomic mass is 10.0. The first-order valence-electron chi connectivity index (χ1n) is 5.75. The Labute approximate surface area is 107 Å². The summed E-state index contributed by atoms with van der Waals surface area (Å²) in [4.78, 5) is 51.8. The van der Waals surface area contributed by atoms with Crippen LogP contribution in [0.3, 0.4) is 0 Å². The molecule has 1 fully saturated rings. The van der Waals surface area contributed by atoms with Crippen molar-refractivity contribution in [3.63, 3.8) is 0 Å². The molecule has 0 radical (unpaired) electrons. The van der Waals surface area contributed by atoms with Crippen LogP contribution >= 0.6 is 0 Å². The Morgan fingerprint density at radius 3 is 2.58 bits per heavy atom. The smallest absolute Gasteiger partial charge is 0.263 e. The highest BCUT2D eigenvalue weighted by molar-refractivity contribution is 6.23. The standard InChI is InChI=1S/C12H9N3O4/c16-9-2-1-8(10(17)14-9)15-11(18)6-3-4-13-5-7(6)12(15)19/h3-5,8H,1-2H2,(H,14,16,17). The van der Waals surface area contributed by atoms with E-state index in [2.05, 4.69) is 10.3 Å². The monoisotopic (exact) mass is 259 g/mol. The number of hydrogen-bond acceptors (Lipinski definition) is 5. The van der Waals surface area contributed by atoms with E-state index in [0.29, 0.717) is 0 Å². The first-order chi connectivity index (χ1) is 9.09. The molecule has 1 aromatic heterocycles. The Hall–Kier alpha value is -2.57. The molecule has 1 N–H and O–H groups in total. The molecule has 19 heavy (non-hydrogen) atoms. The van der Waals surface area contributed by atoms with Crippen LogP contribution in [-0.4, -0.2) is 39.6 Å². The maximum Gasteiger partial charge on any atom is 0.263 e. The van der Waals surface area contributed by atoms with Crippen molar-refractivity contribution in [1.29, 1.82) is 0 Å². The van der Waals surface area contributed by atoms with Crippen LogP contribution in [-0.2, 0) is 9.59 Å². The quantitative estimate of drug-likeness (QED) is 0.685. The Morgan fingerprint density at radius 1 is 1.16 bits per heavy atom. The van der Waals surface area contributed by atoms with Crippen LogP contribution in [0.25, 0.3) is 0 Å². The summed E-state index contributed by atoms with van der Waals surface area (Å²) in [5.74, 6) is -2.06. The molecular weight excluding hydrogens is 250 g/mol. The normalized spacial score (nSPS) is 22.5. The van der Waals surface area contributed by atoms with Gasteiger partial charge in [0.2, 0.25) is 11.8 Å². The summed E-state index contributed by atoms with van der Waals surface area (Å²) < 4.78 is 0. The summed E-state index contributed by atoms with van der Waals surface area (Å²) in [7, 11) is 0. The molecule has 7 nitrogen and oxygen atoms in total. The number of hydrogen-bond donors (Lipinski definition) is 1. The minimum Gasteiger partial charge on any atom is -0.295 e. The summed E-state index contributed by atoms with van der Waals surface area (Å²) in [5, 5.41) is 2.13. The number of carbonyl (C=O) groups is 4. The highest BCUT2D eigenvalue weighted by Gasteiger charge is 2.44. The summed E-state index contributed by atoms with van der Waals surface area (Å²) >= 11 is 0. The van der Waals surface area contributed by atoms with Gasteiger partial charge in [0, 0.05) is 18.8 Å². The van der Waals surface area contributed by atoms with Gasteiger partial charge in [-0.25, -0.2) is 0 Å². The Kier molecular flexibility index (Phi) is 2.41. The van der Waals surface area contributed by atoms with Crippen molar-refractivity contribution in [3.8, 4) is 0 Å². The van der Waals surface area contributed by atoms with Gasteiger partial charge in [-0.05, 0) is 12.5 Å². The van der Waals surface area contributed by atoms with Crippen molar-refractivity contribution >= 4 is 23.6 Å². The van der Waals surface area contributed by atoms with E-state index in [1.807, 2.05) is 0 Å². The van der Waals surface area contributed by atoms with Crippen molar-refractivity contribution in [2.75, 3.05) is 0 Å². The molecule has 3 heterocycles. The fourth-order valence-electron chi connectivity index (χ4n) is 2.31. The molecule has 0 spiro atoms. The molecule has 0 aliphatic carbocycles. The molecule has 0 aromatic carbocycles. The second-order valence-corrected chi connectivity index (χ2v) is 4.37. The molecule has 1 unspecified atom stereocenters. The van der Waals surface area contributed by atoms with Gasteiger partial charge in [0.25, 0.3) is 11.8 Å². The van der Waals surface area contributed by atoms with Gasteiger partial charge in [-0.2, -0.15) is 0 Å². The Balaban J connectivity index is 1.96. The molecule has 2 aliphatic rings. The summed E-state index contributed by atoms with van der Waals surface area (Å²) in [6.07, 6.45) is 2.99. The van der Waals surface area contributed by atoms with Crippen LogP contribution in [0.2, 0.25) is 0 Å². The van der Waals surface area contributed by atoms with Crippen LogP contribution in [0.4, 0.5) is 0 Å². The van der Waals surface area contributed by atoms with Gasteiger partial charge in [0.15, 0.2) is 0 Å². The number of nitrogens with one attached hydrogen (secondary N) is 1. The average molecular weight is 259 g/mol. The number of nitrogens with zero attached hydrogens (tertiary/aromatic N) is 2. The number of aromatic nitrogens is 1. The zero-order valence-corrected chi connectivity index (χ0v) is 9.75. The summed E-state index contributed by atoms with van der Waals surface area (Å²) in [6, 6.07) is 0.520. The number of amides is 4. The van der Waals surface area contributed by atoms with Crippen LogP contribution in [0, 0.1) is 0 Å². The number of piperidine rings is 1. The van der Waals surface area contributed by atoms with Crippen LogP contribution < -0.4 is 5.32 Å². The van der Waals surface area contributed by atoms with Crippen LogP contribution in [0.1, 0.15) is 33.6 Å². The van der Waals surface area contributed by atoms with E-state index in [0.717, 1.165) is 4.90 Å². The molecule has 96 valence electrons. The zero-order valence-electron chi connectivity index (χ0n) is 9.75. The predicted molar refractivity (Wildman–Crippen MR) is 60.9 cm³/mol. The highest BCUT2D eigenvalue weighted by Crippen LogP contribution is 2.26.